The Balaban J connectivity index is 1.84. The van der Waals surface area contributed by atoms with Crippen LogP contribution in [0.5, 0.6) is 0 Å². The molecule has 1 aliphatic rings. The third-order valence-corrected chi connectivity index (χ3v) is 4.61. The number of hydrogen-bond donors (Lipinski definition) is 0. The van der Waals surface area contributed by atoms with E-state index in [0.29, 0.717) is 18.9 Å². The molecule has 2 rings (SSSR count). The number of allylic oxidation sites excluding steroid dienone is 2. The molecule has 0 aliphatic heterocycles. The first-order valence-electron chi connectivity index (χ1n) is 5.80. The molecule has 2 nitrogen and oxygen atoms in total. The molecule has 1 heterocycles. The van der Waals surface area contributed by atoms with Crippen LogP contribution in [-0.2, 0) is 11.3 Å². The van der Waals surface area contributed by atoms with Crippen LogP contribution in [0.2, 0.25) is 0 Å². The van der Waals surface area contributed by atoms with E-state index in [2.05, 4.69) is 34.1 Å². The van der Waals surface area contributed by atoms with Gasteiger partial charge in [-0.05, 0) is 46.8 Å². The van der Waals surface area contributed by atoms with Gasteiger partial charge < -0.3 is 4.90 Å². The Bertz CT molecular complexity index is 427. The van der Waals surface area contributed by atoms with Crippen LogP contribution in [0.4, 0.5) is 0 Å². The molecule has 1 unspecified atom stereocenters. The van der Waals surface area contributed by atoms with Gasteiger partial charge in [-0.1, -0.05) is 12.2 Å². The molecule has 0 radical (unpaired) electrons. The summed E-state index contributed by atoms with van der Waals surface area (Å²) in [5.41, 5.74) is 0. The largest absolute Gasteiger partial charge is 0.341 e. The maximum absolute atomic E-state index is 12.0. The second kappa shape index (κ2) is 5.83. The summed E-state index contributed by atoms with van der Waals surface area (Å²) >= 11 is 5.12. The Morgan fingerprint density at radius 2 is 2.41 bits per heavy atom. The van der Waals surface area contributed by atoms with E-state index in [1.165, 1.54) is 4.88 Å². The summed E-state index contributed by atoms with van der Waals surface area (Å²) in [6.45, 7) is 0.714. The lowest BCUT2D eigenvalue weighted by molar-refractivity contribution is -0.131. The fourth-order valence-corrected chi connectivity index (χ4v) is 3.54. The van der Waals surface area contributed by atoms with E-state index in [-0.39, 0.29) is 5.91 Å². The first kappa shape index (κ1) is 12.8. The SMILES string of the molecule is CN(Cc1ccc(Br)s1)C(=O)CC1C=CCC1. The molecule has 0 fully saturated rings. The molecule has 0 aromatic carbocycles. The van der Waals surface area contributed by atoms with Crippen molar-refractivity contribution in [3.63, 3.8) is 0 Å². The van der Waals surface area contributed by atoms with Crippen LogP contribution >= 0.6 is 27.3 Å². The van der Waals surface area contributed by atoms with Crippen LogP contribution in [0.15, 0.2) is 28.1 Å². The molecule has 1 amide bonds. The first-order valence-corrected chi connectivity index (χ1v) is 7.41. The minimum atomic E-state index is 0.242. The highest BCUT2D eigenvalue weighted by molar-refractivity contribution is 9.11. The van der Waals surface area contributed by atoms with Crippen LogP contribution in [0.1, 0.15) is 24.1 Å². The van der Waals surface area contributed by atoms with Crippen molar-refractivity contribution < 1.29 is 4.79 Å². The minimum absolute atomic E-state index is 0.242. The van der Waals surface area contributed by atoms with Crippen LogP contribution in [0.25, 0.3) is 0 Å². The van der Waals surface area contributed by atoms with Crippen LogP contribution in [0.3, 0.4) is 0 Å². The van der Waals surface area contributed by atoms with Crippen LogP contribution in [-0.4, -0.2) is 17.9 Å². The number of rotatable bonds is 4. The molecule has 92 valence electrons. The van der Waals surface area contributed by atoms with Crippen molar-refractivity contribution in [1.82, 2.24) is 4.90 Å². The third kappa shape index (κ3) is 3.68. The molecular formula is C13H16BrNOS. The van der Waals surface area contributed by atoms with Gasteiger partial charge in [0.05, 0.1) is 10.3 Å². The third-order valence-electron chi connectivity index (χ3n) is 3.00. The molecular weight excluding hydrogens is 298 g/mol. The second-order valence-electron chi connectivity index (χ2n) is 4.43. The van der Waals surface area contributed by atoms with Crippen molar-refractivity contribution in [2.45, 2.75) is 25.8 Å². The number of carbonyl (C=O) groups excluding carboxylic acids is 1. The Labute approximate surface area is 114 Å². The Morgan fingerprint density at radius 3 is 3.00 bits per heavy atom. The molecule has 0 N–H and O–H groups in total. The van der Waals surface area contributed by atoms with Gasteiger partial charge in [-0.3, -0.25) is 4.79 Å². The minimum Gasteiger partial charge on any atom is -0.341 e. The number of thiophene rings is 1. The van der Waals surface area contributed by atoms with Gasteiger partial charge in [0, 0.05) is 18.3 Å². The average molecular weight is 314 g/mol. The van der Waals surface area contributed by atoms with E-state index in [4.69, 9.17) is 0 Å². The van der Waals surface area contributed by atoms with E-state index in [9.17, 15) is 4.79 Å². The second-order valence-corrected chi connectivity index (χ2v) is 6.97. The lowest BCUT2D eigenvalue weighted by atomic mass is 10.0. The van der Waals surface area contributed by atoms with Crippen molar-refractivity contribution in [3.05, 3.63) is 32.9 Å². The summed E-state index contributed by atoms with van der Waals surface area (Å²) in [5.74, 6) is 0.700. The summed E-state index contributed by atoms with van der Waals surface area (Å²) in [6.07, 6.45) is 7.25. The van der Waals surface area contributed by atoms with Crippen molar-refractivity contribution in [2.24, 2.45) is 5.92 Å². The zero-order chi connectivity index (χ0) is 12.3. The number of nitrogens with zero attached hydrogens (tertiary/aromatic N) is 1. The number of hydrogen-bond acceptors (Lipinski definition) is 2. The fourth-order valence-electron chi connectivity index (χ4n) is 2.00. The van der Waals surface area contributed by atoms with Gasteiger partial charge in [0.1, 0.15) is 0 Å². The van der Waals surface area contributed by atoms with Crippen molar-refractivity contribution in [3.8, 4) is 0 Å². The maximum atomic E-state index is 12.0. The summed E-state index contributed by atoms with van der Waals surface area (Å²) in [7, 11) is 1.88. The average Bonchev–Trinajstić information content (AvgIpc) is 2.90. The lowest BCUT2D eigenvalue weighted by Crippen LogP contribution is -2.27. The van der Waals surface area contributed by atoms with E-state index in [1.54, 1.807) is 11.3 Å². The Hall–Kier alpha value is -0.610. The molecule has 4 heteroatoms. The zero-order valence-corrected chi connectivity index (χ0v) is 12.3. The summed E-state index contributed by atoms with van der Waals surface area (Å²) in [6, 6.07) is 4.09. The van der Waals surface area contributed by atoms with Crippen molar-refractivity contribution >= 4 is 33.2 Å². The smallest absolute Gasteiger partial charge is 0.223 e. The molecule has 1 aliphatic carbocycles. The zero-order valence-electron chi connectivity index (χ0n) is 9.86. The molecule has 1 aromatic rings. The fraction of sp³-hybridized carbons (Fsp3) is 0.462. The Kier molecular flexibility index (Phi) is 4.40. The monoisotopic (exact) mass is 313 g/mol. The van der Waals surface area contributed by atoms with Gasteiger partial charge in [-0.25, -0.2) is 0 Å². The first-order chi connectivity index (χ1) is 8.15. The van der Waals surface area contributed by atoms with Crippen molar-refractivity contribution in [2.75, 3.05) is 7.05 Å². The lowest BCUT2D eigenvalue weighted by Gasteiger charge is -2.18. The van der Waals surface area contributed by atoms with Crippen molar-refractivity contribution in [1.29, 1.82) is 0 Å². The predicted molar refractivity (Wildman–Crippen MR) is 75.0 cm³/mol. The van der Waals surface area contributed by atoms with Gasteiger partial charge in [-0.2, -0.15) is 0 Å². The maximum Gasteiger partial charge on any atom is 0.223 e. The Morgan fingerprint density at radius 1 is 1.59 bits per heavy atom. The van der Waals surface area contributed by atoms with Gasteiger partial charge in [0.2, 0.25) is 5.91 Å². The molecule has 0 spiro atoms. The number of carbonyl (C=O) groups is 1. The molecule has 0 saturated heterocycles. The quantitative estimate of drug-likeness (QED) is 0.774. The van der Waals surface area contributed by atoms with E-state index < -0.39 is 0 Å². The standard InChI is InChI=1S/C13H16BrNOS/c1-15(9-11-6-7-12(14)17-11)13(16)8-10-4-2-3-5-10/h2,4,6-7,10H,3,5,8-9H2,1H3. The highest BCUT2D eigenvalue weighted by Gasteiger charge is 2.17. The topological polar surface area (TPSA) is 20.3 Å². The molecule has 1 atom stereocenters. The summed E-state index contributed by atoms with van der Waals surface area (Å²) < 4.78 is 1.12. The normalized spacial score (nSPS) is 18.6. The van der Waals surface area contributed by atoms with Crippen LogP contribution in [0, 0.1) is 5.92 Å². The molecule has 0 bridgehead atoms. The summed E-state index contributed by atoms with van der Waals surface area (Å²) in [5, 5.41) is 0. The van der Waals surface area contributed by atoms with Gasteiger partial charge in [0.15, 0.2) is 0 Å². The number of amides is 1. The van der Waals surface area contributed by atoms with E-state index >= 15 is 0 Å². The number of halogens is 1. The highest BCUT2D eigenvalue weighted by atomic mass is 79.9. The summed E-state index contributed by atoms with van der Waals surface area (Å²) in [4.78, 5) is 15.0. The van der Waals surface area contributed by atoms with Gasteiger partial charge in [-0.15, -0.1) is 11.3 Å². The van der Waals surface area contributed by atoms with E-state index in [0.717, 1.165) is 16.6 Å². The molecule has 0 saturated carbocycles. The van der Waals surface area contributed by atoms with E-state index in [1.807, 2.05) is 18.0 Å². The van der Waals surface area contributed by atoms with Crippen LogP contribution < -0.4 is 0 Å². The van der Waals surface area contributed by atoms with Gasteiger partial charge >= 0.3 is 0 Å². The highest BCUT2D eigenvalue weighted by Crippen LogP contribution is 2.24. The predicted octanol–water partition coefficient (Wildman–Crippen LogP) is 3.83. The van der Waals surface area contributed by atoms with Gasteiger partial charge in [0.25, 0.3) is 0 Å². The molecule has 1 aromatic heterocycles. The molecule has 17 heavy (non-hydrogen) atoms.